The van der Waals surface area contributed by atoms with E-state index in [4.69, 9.17) is 0 Å². The first-order chi connectivity index (χ1) is 2.81. The van der Waals surface area contributed by atoms with Crippen molar-refractivity contribution in [1.82, 2.24) is 0 Å². The molecular weight excluding hydrogens is 135 g/mol. The molecule has 0 aromatic rings. The summed E-state index contributed by atoms with van der Waals surface area (Å²) in [5, 5.41) is 0. The van der Waals surface area contributed by atoms with Crippen molar-refractivity contribution < 1.29 is 21.3 Å². The van der Waals surface area contributed by atoms with E-state index < -0.39 is 8.07 Å². The van der Waals surface area contributed by atoms with Gasteiger partial charge >= 0.3 is 36.5 Å². The number of hydrogen-bond acceptors (Lipinski definition) is 1. The average molecular weight is 138 g/mol. The van der Waals surface area contributed by atoms with Crippen LogP contribution in [0.1, 0.15) is 0 Å². The van der Waals surface area contributed by atoms with Gasteiger partial charge in [0.05, 0.1) is 0 Å². The quantitative estimate of drug-likeness (QED) is 0.399. The van der Waals surface area contributed by atoms with Gasteiger partial charge in [0.1, 0.15) is 0 Å². The summed E-state index contributed by atoms with van der Waals surface area (Å²) in [6, 6.07) is 0. The minimum absolute atomic E-state index is 0.276. The molecule has 1 nitrogen and oxygen atoms in total. The van der Waals surface area contributed by atoms with Crippen LogP contribution in [0.5, 0.6) is 0 Å². The fourth-order valence-corrected chi connectivity index (χ4v) is 0. The van der Waals surface area contributed by atoms with Crippen molar-refractivity contribution in [3.05, 3.63) is 0 Å². The molecule has 0 aliphatic heterocycles. The average Bonchev–Trinajstić information content (AvgIpc) is 1.32. The van der Waals surface area contributed by atoms with E-state index in [1.54, 1.807) is 0 Å². The summed E-state index contributed by atoms with van der Waals surface area (Å²) in [6.45, 7) is 0. The maximum atomic E-state index is 10.7. The van der Waals surface area contributed by atoms with Crippen LogP contribution in [0.2, 0.25) is 0 Å². The summed E-state index contributed by atoms with van der Waals surface area (Å²) in [4.78, 5) is 0. The van der Waals surface area contributed by atoms with Crippen LogP contribution >= 0.6 is 8.07 Å². The van der Waals surface area contributed by atoms with Gasteiger partial charge in [-0.3, -0.25) is 0 Å². The number of rotatable bonds is 1. The van der Waals surface area contributed by atoms with Crippen LogP contribution < -0.4 is 0 Å². The second-order valence-electron chi connectivity index (χ2n) is 0.842. The van der Waals surface area contributed by atoms with E-state index in [9.17, 15) is 16.8 Å². The molecule has 7 heavy (non-hydrogen) atoms. The SMILES string of the molecule is COP(F)(F)(F)F. The van der Waals surface area contributed by atoms with Gasteiger partial charge in [0.2, 0.25) is 0 Å². The van der Waals surface area contributed by atoms with Crippen molar-refractivity contribution in [3.63, 3.8) is 0 Å². The number of halogens is 4. The molecule has 0 spiro atoms. The molecule has 0 N–H and O–H groups in total. The summed E-state index contributed by atoms with van der Waals surface area (Å²) < 4.78 is 45.4. The summed E-state index contributed by atoms with van der Waals surface area (Å²) >= 11 is 0. The molecule has 0 radical (unpaired) electrons. The number of hydrogen-bond donors (Lipinski definition) is 0. The summed E-state index contributed by atoms with van der Waals surface area (Å²) in [6.07, 6.45) is 0. The zero-order chi connectivity index (χ0) is 6.15. The predicted octanol–water partition coefficient (Wildman–Crippen LogP) is 2.64. The molecule has 0 amide bonds. The van der Waals surface area contributed by atoms with Crippen LogP contribution in [0.3, 0.4) is 0 Å². The Morgan fingerprint density at radius 1 is 1.14 bits per heavy atom. The van der Waals surface area contributed by atoms with E-state index in [0.29, 0.717) is 0 Å². The van der Waals surface area contributed by atoms with Crippen molar-refractivity contribution in [2.24, 2.45) is 0 Å². The molecule has 0 unspecified atom stereocenters. The molecule has 0 heterocycles. The van der Waals surface area contributed by atoms with Gasteiger partial charge in [0, 0.05) is 0 Å². The Bertz CT molecular complexity index is 64.2. The van der Waals surface area contributed by atoms with E-state index in [1.807, 2.05) is 0 Å². The zero-order valence-electron chi connectivity index (χ0n) is 3.37. The monoisotopic (exact) mass is 138 g/mol. The van der Waals surface area contributed by atoms with Crippen LogP contribution in [0.15, 0.2) is 0 Å². The molecule has 0 atom stereocenters. The fraction of sp³-hybridized carbons (Fsp3) is 1.00. The second kappa shape index (κ2) is 1.29. The van der Waals surface area contributed by atoms with Crippen molar-refractivity contribution in [2.75, 3.05) is 7.11 Å². The molecule has 0 bridgehead atoms. The third kappa shape index (κ3) is 6.11. The summed E-state index contributed by atoms with van der Waals surface area (Å²) in [5.74, 6) is 0. The third-order valence-corrected chi connectivity index (χ3v) is 0.828. The van der Waals surface area contributed by atoms with E-state index in [-0.39, 0.29) is 7.11 Å². The summed E-state index contributed by atoms with van der Waals surface area (Å²) in [7, 11) is -7.30. The van der Waals surface area contributed by atoms with E-state index in [0.717, 1.165) is 0 Å². The maximum absolute atomic E-state index is 10.7. The van der Waals surface area contributed by atoms with Crippen LogP contribution in [0.4, 0.5) is 16.8 Å². The molecule has 6 heteroatoms. The molecule has 0 rings (SSSR count). The predicted molar refractivity (Wildman–Crippen MR) is 18.4 cm³/mol. The van der Waals surface area contributed by atoms with E-state index in [2.05, 4.69) is 4.52 Å². The van der Waals surface area contributed by atoms with Gasteiger partial charge in [-0.05, 0) is 0 Å². The Hall–Kier alpha value is 0.110. The Balaban J connectivity index is 3.83. The van der Waals surface area contributed by atoms with Gasteiger partial charge in [-0.2, -0.15) is 0 Å². The Morgan fingerprint density at radius 3 is 1.29 bits per heavy atom. The van der Waals surface area contributed by atoms with Gasteiger partial charge in [0.15, 0.2) is 0 Å². The minimum atomic E-state index is -7.58. The standard InChI is InChI=1S/CH3F4OP/c1-6-7(2,3,4)5/h1H3. The molecule has 0 saturated heterocycles. The zero-order valence-corrected chi connectivity index (χ0v) is 4.26. The first kappa shape index (κ1) is 7.11. The van der Waals surface area contributed by atoms with Crippen LogP contribution in [-0.2, 0) is 4.52 Å². The van der Waals surface area contributed by atoms with Crippen LogP contribution in [0.25, 0.3) is 0 Å². The first-order valence-electron chi connectivity index (χ1n) is 1.27. The summed E-state index contributed by atoms with van der Waals surface area (Å²) in [5.41, 5.74) is 0. The van der Waals surface area contributed by atoms with Gasteiger partial charge in [-0.25, -0.2) is 0 Å². The third-order valence-electron chi connectivity index (χ3n) is 0.276. The molecule has 0 aliphatic rings. The first-order valence-corrected chi connectivity index (χ1v) is 2.98. The van der Waals surface area contributed by atoms with Crippen molar-refractivity contribution in [2.45, 2.75) is 0 Å². The fourth-order valence-electron chi connectivity index (χ4n) is 0. The topological polar surface area (TPSA) is 9.23 Å². The Morgan fingerprint density at radius 2 is 1.29 bits per heavy atom. The Labute approximate surface area is 37.8 Å². The molecular formula is CH3F4OP. The molecule has 0 fully saturated rings. The normalized spacial score (nSPS) is 18.1. The molecule has 0 saturated carbocycles. The molecule has 0 aromatic heterocycles. The van der Waals surface area contributed by atoms with Crippen LogP contribution in [0, 0.1) is 0 Å². The van der Waals surface area contributed by atoms with Crippen LogP contribution in [-0.4, -0.2) is 7.11 Å². The molecule has 0 aromatic carbocycles. The van der Waals surface area contributed by atoms with E-state index >= 15 is 0 Å². The van der Waals surface area contributed by atoms with Gasteiger partial charge in [-0.1, -0.05) is 0 Å². The van der Waals surface area contributed by atoms with E-state index in [1.165, 1.54) is 0 Å². The molecule has 0 aliphatic carbocycles. The molecule has 46 valence electrons. The second-order valence-corrected chi connectivity index (χ2v) is 2.53. The van der Waals surface area contributed by atoms with Crippen molar-refractivity contribution >= 4 is 8.07 Å². The Kier molecular flexibility index (Phi) is 1.31. The van der Waals surface area contributed by atoms with Gasteiger partial charge in [-0.15, -0.1) is 0 Å². The van der Waals surface area contributed by atoms with Gasteiger partial charge in [0.25, 0.3) is 0 Å². The van der Waals surface area contributed by atoms with Gasteiger partial charge < -0.3 is 0 Å². The van der Waals surface area contributed by atoms with Crippen molar-refractivity contribution in [3.8, 4) is 0 Å². The van der Waals surface area contributed by atoms with Crippen molar-refractivity contribution in [1.29, 1.82) is 0 Å².